The summed E-state index contributed by atoms with van der Waals surface area (Å²) in [4.78, 5) is 8.96. The predicted molar refractivity (Wildman–Crippen MR) is 63.2 cm³/mol. The molecule has 2 rings (SSSR count). The van der Waals surface area contributed by atoms with Gasteiger partial charge in [0.2, 0.25) is 0 Å². The smallest absolute Gasteiger partial charge is 0.128 e. The summed E-state index contributed by atoms with van der Waals surface area (Å²) in [5.41, 5.74) is 1.05. The monoisotopic (exact) mass is 216 g/mol. The minimum Gasteiger partial charge on any atom is -0.354 e. The van der Waals surface area contributed by atoms with E-state index in [1.54, 1.807) is 0 Å². The topological polar surface area (TPSA) is 43.2 Å². The number of pyridine rings is 1. The molecule has 4 nitrogen and oxygen atoms in total. The molecule has 0 unspecified atom stereocenters. The molecule has 0 spiro atoms. The molecule has 0 atom stereocenters. The lowest BCUT2D eigenvalue weighted by Crippen LogP contribution is -2.46. The highest BCUT2D eigenvalue weighted by Gasteiger charge is 2.17. The van der Waals surface area contributed by atoms with Crippen molar-refractivity contribution in [3.63, 3.8) is 0 Å². The lowest BCUT2D eigenvalue weighted by Gasteiger charge is -2.34. The van der Waals surface area contributed by atoms with Gasteiger partial charge in [-0.1, -0.05) is 6.07 Å². The minimum atomic E-state index is 0.537. The first kappa shape index (κ1) is 10.9. The Morgan fingerprint density at radius 1 is 1.31 bits per heavy atom. The van der Waals surface area contributed by atoms with Crippen LogP contribution in [0.25, 0.3) is 0 Å². The summed E-state index contributed by atoms with van der Waals surface area (Å²) in [6.07, 6.45) is 0. The van der Waals surface area contributed by atoms with Crippen LogP contribution in [-0.2, 0) is 0 Å². The zero-order valence-corrected chi connectivity index (χ0v) is 9.56. The van der Waals surface area contributed by atoms with E-state index in [1.165, 1.54) is 0 Å². The van der Waals surface area contributed by atoms with Crippen LogP contribution < -0.4 is 4.90 Å². The Labute approximate surface area is 96.1 Å². The molecule has 2 heterocycles. The van der Waals surface area contributed by atoms with E-state index < -0.39 is 0 Å². The Balaban J connectivity index is 1.97. The third-order valence-corrected chi connectivity index (χ3v) is 2.86. The number of aromatic nitrogens is 1. The minimum absolute atomic E-state index is 0.537. The van der Waals surface area contributed by atoms with Gasteiger partial charge < -0.3 is 4.90 Å². The Kier molecular flexibility index (Phi) is 3.37. The molecule has 0 radical (unpaired) electrons. The second kappa shape index (κ2) is 4.95. The molecule has 0 aromatic carbocycles. The first-order chi connectivity index (χ1) is 7.79. The van der Waals surface area contributed by atoms with Crippen molar-refractivity contribution in [2.75, 3.05) is 37.6 Å². The van der Waals surface area contributed by atoms with Crippen LogP contribution in [0.4, 0.5) is 5.82 Å². The number of rotatable bonds is 2. The first-order valence-electron chi connectivity index (χ1n) is 5.57. The van der Waals surface area contributed by atoms with Gasteiger partial charge in [0.25, 0.3) is 0 Å². The Bertz CT molecular complexity index is 388. The maximum atomic E-state index is 8.62. The van der Waals surface area contributed by atoms with Gasteiger partial charge in [-0.2, -0.15) is 5.26 Å². The lowest BCUT2D eigenvalue weighted by atomic mass is 10.3. The maximum absolute atomic E-state index is 8.62. The van der Waals surface area contributed by atoms with Crippen LogP contribution in [0.2, 0.25) is 0 Å². The van der Waals surface area contributed by atoms with Gasteiger partial charge in [-0.25, -0.2) is 4.98 Å². The van der Waals surface area contributed by atoms with Gasteiger partial charge in [-0.3, -0.25) is 4.90 Å². The van der Waals surface area contributed by atoms with Gasteiger partial charge in [0.1, 0.15) is 5.82 Å². The molecular weight excluding hydrogens is 200 g/mol. The van der Waals surface area contributed by atoms with E-state index in [1.807, 2.05) is 25.1 Å². The Hall–Kier alpha value is -1.60. The number of hydrogen-bond donors (Lipinski definition) is 0. The molecule has 1 aliphatic rings. The van der Waals surface area contributed by atoms with Crippen molar-refractivity contribution in [1.29, 1.82) is 5.26 Å². The molecule has 0 amide bonds. The Morgan fingerprint density at radius 3 is 2.69 bits per heavy atom. The molecule has 4 heteroatoms. The van der Waals surface area contributed by atoms with Crippen LogP contribution in [0.1, 0.15) is 5.69 Å². The van der Waals surface area contributed by atoms with E-state index in [4.69, 9.17) is 5.26 Å². The van der Waals surface area contributed by atoms with Crippen LogP contribution in [0.3, 0.4) is 0 Å². The fourth-order valence-electron chi connectivity index (χ4n) is 1.94. The van der Waals surface area contributed by atoms with Gasteiger partial charge >= 0.3 is 0 Å². The highest BCUT2D eigenvalue weighted by molar-refractivity contribution is 5.39. The fourth-order valence-corrected chi connectivity index (χ4v) is 1.94. The number of nitrogens with zero attached hydrogens (tertiary/aromatic N) is 4. The second-order valence-electron chi connectivity index (χ2n) is 4.06. The number of piperazine rings is 1. The normalized spacial score (nSPS) is 17.1. The summed E-state index contributed by atoms with van der Waals surface area (Å²) in [5, 5.41) is 8.62. The third kappa shape index (κ3) is 2.50. The maximum Gasteiger partial charge on any atom is 0.128 e. The van der Waals surface area contributed by atoms with Gasteiger partial charge in [0.05, 0.1) is 12.6 Å². The van der Waals surface area contributed by atoms with Crippen molar-refractivity contribution in [2.24, 2.45) is 0 Å². The highest BCUT2D eigenvalue weighted by atomic mass is 15.3. The van der Waals surface area contributed by atoms with Crippen LogP contribution in [-0.4, -0.2) is 42.6 Å². The van der Waals surface area contributed by atoms with E-state index >= 15 is 0 Å². The fraction of sp³-hybridized carbons (Fsp3) is 0.500. The molecule has 0 N–H and O–H groups in total. The molecule has 0 saturated carbocycles. The van der Waals surface area contributed by atoms with Gasteiger partial charge in [0, 0.05) is 31.9 Å². The molecule has 0 aliphatic carbocycles. The van der Waals surface area contributed by atoms with Crippen molar-refractivity contribution in [1.82, 2.24) is 9.88 Å². The number of hydrogen-bond acceptors (Lipinski definition) is 4. The van der Waals surface area contributed by atoms with E-state index in [-0.39, 0.29) is 0 Å². The van der Waals surface area contributed by atoms with Gasteiger partial charge in [0.15, 0.2) is 0 Å². The summed E-state index contributed by atoms with van der Waals surface area (Å²) in [7, 11) is 0. The summed E-state index contributed by atoms with van der Waals surface area (Å²) in [6, 6.07) is 8.29. The van der Waals surface area contributed by atoms with Crippen LogP contribution in [0, 0.1) is 18.3 Å². The summed E-state index contributed by atoms with van der Waals surface area (Å²) in [6.45, 7) is 6.35. The number of anilines is 1. The van der Waals surface area contributed by atoms with Crippen LogP contribution in [0.5, 0.6) is 0 Å². The molecule has 1 aliphatic heterocycles. The van der Waals surface area contributed by atoms with Gasteiger partial charge in [-0.05, 0) is 19.1 Å². The van der Waals surface area contributed by atoms with Crippen molar-refractivity contribution in [3.05, 3.63) is 23.9 Å². The van der Waals surface area contributed by atoms with Crippen LogP contribution >= 0.6 is 0 Å². The highest BCUT2D eigenvalue weighted by Crippen LogP contribution is 2.13. The average molecular weight is 216 g/mol. The first-order valence-corrected chi connectivity index (χ1v) is 5.57. The lowest BCUT2D eigenvalue weighted by molar-refractivity contribution is 0.286. The molecule has 1 saturated heterocycles. The number of nitriles is 1. The van der Waals surface area contributed by atoms with E-state index in [9.17, 15) is 0 Å². The Morgan fingerprint density at radius 2 is 2.06 bits per heavy atom. The van der Waals surface area contributed by atoms with Crippen molar-refractivity contribution < 1.29 is 0 Å². The van der Waals surface area contributed by atoms with E-state index in [0.717, 1.165) is 37.7 Å². The van der Waals surface area contributed by atoms with Crippen molar-refractivity contribution in [3.8, 4) is 6.07 Å². The summed E-state index contributed by atoms with van der Waals surface area (Å²) < 4.78 is 0. The van der Waals surface area contributed by atoms with Crippen LogP contribution in [0.15, 0.2) is 18.2 Å². The zero-order valence-electron chi connectivity index (χ0n) is 9.56. The molecule has 0 bridgehead atoms. The molecule has 84 valence electrons. The molecule has 1 aromatic heterocycles. The van der Waals surface area contributed by atoms with E-state index in [2.05, 4.69) is 20.9 Å². The van der Waals surface area contributed by atoms with E-state index in [0.29, 0.717) is 6.54 Å². The summed E-state index contributed by atoms with van der Waals surface area (Å²) in [5.74, 6) is 1.05. The predicted octanol–water partition coefficient (Wildman–Crippen LogP) is 1.04. The SMILES string of the molecule is Cc1cccc(N2CCN(CC#N)CC2)n1. The largest absolute Gasteiger partial charge is 0.354 e. The summed E-state index contributed by atoms with van der Waals surface area (Å²) >= 11 is 0. The standard InChI is InChI=1S/C12H16N4/c1-11-3-2-4-12(14-11)16-9-7-15(6-5-13)8-10-16/h2-4H,6-10H2,1H3. The average Bonchev–Trinajstić information content (AvgIpc) is 2.30. The molecule has 16 heavy (non-hydrogen) atoms. The molecule has 1 aromatic rings. The molecule has 1 fully saturated rings. The zero-order chi connectivity index (χ0) is 11.4. The van der Waals surface area contributed by atoms with Crippen molar-refractivity contribution in [2.45, 2.75) is 6.92 Å². The third-order valence-electron chi connectivity index (χ3n) is 2.86. The van der Waals surface area contributed by atoms with Crippen molar-refractivity contribution >= 4 is 5.82 Å². The quantitative estimate of drug-likeness (QED) is 0.693. The number of aryl methyl sites for hydroxylation is 1. The molecular formula is C12H16N4. The second-order valence-corrected chi connectivity index (χ2v) is 4.06. The van der Waals surface area contributed by atoms with Gasteiger partial charge in [-0.15, -0.1) is 0 Å².